The molecule has 0 bridgehead atoms. The molecule has 6 nitrogen and oxygen atoms in total. The van der Waals surface area contributed by atoms with Gasteiger partial charge in [-0.1, -0.05) is 13.8 Å². The van der Waals surface area contributed by atoms with Gasteiger partial charge in [0.15, 0.2) is 0 Å². The first-order valence-corrected chi connectivity index (χ1v) is 7.59. The summed E-state index contributed by atoms with van der Waals surface area (Å²) in [6.45, 7) is 4.48. The van der Waals surface area contributed by atoms with Crippen molar-refractivity contribution < 1.29 is 18.7 Å². The van der Waals surface area contributed by atoms with Crippen molar-refractivity contribution >= 4 is 22.8 Å². The molecule has 0 fully saturated rings. The summed E-state index contributed by atoms with van der Waals surface area (Å²) in [7, 11) is 1.59. The number of carbonyl (C=O) groups is 2. The van der Waals surface area contributed by atoms with Crippen molar-refractivity contribution in [3.05, 3.63) is 30.0 Å². The molecule has 1 aromatic heterocycles. The molecule has 1 heterocycles. The predicted molar refractivity (Wildman–Crippen MR) is 87.3 cm³/mol. The number of hydrogen-bond acceptors (Lipinski definition) is 4. The van der Waals surface area contributed by atoms with Crippen molar-refractivity contribution in [3.63, 3.8) is 0 Å². The van der Waals surface area contributed by atoms with Gasteiger partial charge in [-0.25, -0.2) is 0 Å². The number of benzene rings is 1. The van der Waals surface area contributed by atoms with E-state index >= 15 is 0 Å². The number of methoxy groups -OCH3 is 1. The molecule has 1 aromatic carbocycles. The Hall–Kier alpha value is -2.50. The Kier molecular flexibility index (Phi) is 5.62. The number of hydrogen-bond donors (Lipinski definition) is 2. The van der Waals surface area contributed by atoms with Crippen LogP contribution in [0.25, 0.3) is 11.0 Å². The monoisotopic (exact) mass is 318 g/mol. The van der Waals surface area contributed by atoms with Crippen LogP contribution in [0.1, 0.15) is 19.4 Å². The van der Waals surface area contributed by atoms with Crippen LogP contribution >= 0.6 is 0 Å². The van der Waals surface area contributed by atoms with E-state index in [1.165, 1.54) is 0 Å². The van der Waals surface area contributed by atoms with Crippen LogP contribution < -0.4 is 15.4 Å². The number of carbonyl (C=O) groups excluding carboxylic acids is 2. The molecule has 0 aliphatic rings. The molecule has 2 N–H and O–H groups in total. The molecule has 0 aliphatic carbocycles. The fourth-order valence-corrected chi connectivity index (χ4v) is 2.15. The zero-order valence-corrected chi connectivity index (χ0v) is 13.6. The van der Waals surface area contributed by atoms with E-state index in [1.807, 2.05) is 26.0 Å². The average Bonchev–Trinajstić information content (AvgIpc) is 2.93. The number of amides is 2. The Morgan fingerprint density at radius 1 is 1.22 bits per heavy atom. The Morgan fingerprint density at radius 2 is 1.96 bits per heavy atom. The molecule has 2 amide bonds. The lowest BCUT2D eigenvalue weighted by Gasteiger charge is -2.08. The topological polar surface area (TPSA) is 80.6 Å². The molecule has 0 spiro atoms. The lowest BCUT2D eigenvalue weighted by atomic mass is 10.1. The van der Waals surface area contributed by atoms with E-state index in [0.717, 1.165) is 10.9 Å². The van der Waals surface area contributed by atoms with Gasteiger partial charge >= 0.3 is 0 Å². The van der Waals surface area contributed by atoms with Crippen molar-refractivity contribution in [2.75, 3.05) is 20.2 Å². The number of rotatable bonds is 7. The molecule has 6 heteroatoms. The van der Waals surface area contributed by atoms with Gasteiger partial charge in [0.05, 0.1) is 19.8 Å². The van der Waals surface area contributed by atoms with Gasteiger partial charge in [-0.05, 0) is 12.1 Å². The van der Waals surface area contributed by atoms with Gasteiger partial charge in [0.1, 0.15) is 11.3 Å². The maximum Gasteiger partial charge on any atom is 0.224 e. The molecule has 2 aromatic rings. The standard InChI is InChI=1S/C17H22N2O4/c1-11(2)17(21)19-7-6-18-16(20)8-12-10-23-15-9-13(22-3)4-5-14(12)15/h4-5,9-11H,6-8H2,1-3H3,(H,18,20)(H,19,21). The van der Waals surface area contributed by atoms with Crippen LogP contribution in [-0.4, -0.2) is 32.0 Å². The molecule has 0 atom stereocenters. The lowest BCUT2D eigenvalue weighted by molar-refractivity contribution is -0.124. The highest BCUT2D eigenvalue weighted by Gasteiger charge is 2.11. The van der Waals surface area contributed by atoms with Gasteiger partial charge in [0, 0.05) is 36.0 Å². The first kappa shape index (κ1) is 16.9. The summed E-state index contributed by atoms with van der Waals surface area (Å²) < 4.78 is 10.6. The van der Waals surface area contributed by atoms with Crippen LogP contribution in [0, 0.1) is 5.92 Å². The largest absolute Gasteiger partial charge is 0.497 e. The van der Waals surface area contributed by atoms with E-state index in [2.05, 4.69) is 10.6 Å². The third-order valence-electron chi connectivity index (χ3n) is 3.48. The van der Waals surface area contributed by atoms with E-state index in [0.29, 0.717) is 24.4 Å². The summed E-state index contributed by atoms with van der Waals surface area (Å²) in [6, 6.07) is 5.50. The van der Waals surface area contributed by atoms with E-state index in [1.54, 1.807) is 19.4 Å². The first-order chi connectivity index (χ1) is 11.0. The molecular weight excluding hydrogens is 296 g/mol. The fourth-order valence-electron chi connectivity index (χ4n) is 2.15. The average molecular weight is 318 g/mol. The third kappa shape index (κ3) is 4.48. The summed E-state index contributed by atoms with van der Waals surface area (Å²) >= 11 is 0. The molecule has 124 valence electrons. The van der Waals surface area contributed by atoms with Gasteiger partial charge in [-0.2, -0.15) is 0 Å². The fraction of sp³-hybridized carbons (Fsp3) is 0.412. The minimum atomic E-state index is -0.109. The second-order valence-electron chi connectivity index (χ2n) is 5.60. The van der Waals surface area contributed by atoms with Crippen molar-refractivity contribution in [2.45, 2.75) is 20.3 Å². The molecule has 0 aliphatic heterocycles. The summed E-state index contributed by atoms with van der Waals surface area (Å²) in [5, 5.41) is 6.43. The van der Waals surface area contributed by atoms with Crippen molar-refractivity contribution in [1.29, 1.82) is 0 Å². The molecule has 0 saturated carbocycles. The predicted octanol–water partition coefficient (Wildman–Crippen LogP) is 1.87. The van der Waals surface area contributed by atoms with Gasteiger partial charge in [-0.3, -0.25) is 9.59 Å². The van der Waals surface area contributed by atoms with Crippen molar-refractivity contribution in [3.8, 4) is 5.75 Å². The maximum absolute atomic E-state index is 12.0. The second-order valence-corrected chi connectivity index (χ2v) is 5.60. The first-order valence-electron chi connectivity index (χ1n) is 7.59. The summed E-state index contributed by atoms with van der Waals surface area (Å²) in [4.78, 5) is 23.4. The summed E-state index contributed by atoms with van der Waals surface area (Å²) in [5.41, 5.74) is 1.52. The normalized spacial score (nSPS) is 10.8. The van der Waals surface area contributed by atoms with E-state index in [9.17, 15) is 9.59 Å². The van der Waals surface area contributed by atoms with Gasteiger partial charge < -0.3 is 19.8 Å². The number of ether oxygens (including phenoxy) is 1. The Bertz CT molecular complexity index is 691. The maximum atomic E-state index is 12.0. The highest BCUT2D eigenvalue weighted by Crippen LogP contribution is 2.25. The van der Waals surface area contributed by atoms with Crippen molar-refractivity contribution in [2.24, 2.45) is 5.92 Å². The molecular formula is C17H22N2O4. The van der Waals surface area contributed by atoms with E-state index in [4.69, 9.17) is 9.15 Å². The smallest absolute Gasteiger partial charge is 0.224 e. The summed E-state index contributed by atoms with van der Waals surface area (Å²) in [5.74, 6) is 0.528. The third-order valence-corrected chi connectivity index (χ3v) is 3.48. The SMILES string of the molecule is COc1ccc2c(CC(=O)NCCNC(=O)C(C)C)coc2c1. The highest BCUT2D eigenvalue weighted by molar-refractivity contribution is 5.88. The molecule has 2 rings (SSSR count). The Morgan fingerprint density at radius 3 is 2.65 bits per heavy atom. The van der Waals surface area contributed by atoms with Crippen molar-refractivity contribution in [1.82, 2.24) is 10.6 Å². The molecule has 0 saturated heterocycles. The van der Waals surface area contributed by atoms with Gasteiger partial charge in [0.2, 0.25) is 11.8 Å². The lowest BCUT2D eigenvalue weighted by Crippen LogP contribution is -2.36. The number of fused-ring (bicyclic) bond motifs is 1. The van der Waals surface area contributed by atoms with Crippen LogP contribution in [0.5, 0.6) is 5.75 Å². The Balaban J connectivity index is 1.85. The Labute approximate surface area is 135 Å². The van der Waals surface area contributed by atoms with Crippen LogP contribution in [0.2, 0.25) is 0 Å². The van der Waals surface area contributed by atoms with Crippen LogP contribution in [0.4, 0.5) is 0 Å². The quantitative estimate of drug-likeness (QED) is 0.764. The van der Waals surface area contributed by atoms with Crippen LogP contribution in [0.3, 0.4) is 0 Å². The van der Waals surface area contributed by atoms with E-state index < -0.39 is 0 Å². The van der Waals surface area contributed by atoms with Gasteiger partial charge in [0.25, 0.3) is 0 Å². The zero-order valence-electron chi connectivity index (χ0n) is 13.6. The van der Waals surface area contributed by atoms with Crippen LogP contribution in [0.15, 0.2) is 28.9 Å². The second kappa shape index (κ2) is 7.67. The number of furan rings is 1. The highest BCUT2D eigenvalue weighted by atomic mass is 16.5. The summed E-state index contributed by atoms with van der Waals surface area (Å²) in [6.07, 6.45) is 1.82. The molecule has 23 heavy (non-hydrogen) atoms. The molecule has 0 radical (unpaired) electrons. The van der Waals surface area contributed by atoms with Crippen LogP contribution in [-0.2, 0) is 16.0 Å². The minimum Gasteiger partial charge on any atom is -0.497 e. The molecule has 0 unspecified atom stereocenters. The zero-order chi connectivity index (χ0) is 16.8. The van der Waals surface area contributed by atoms with Gasteiger partial charge in [-0.15, -0.1) is 0 Å². The minimum absolute atomic E-state index is 0.0194. The number of nitrogens with one attached hydrogen (secondary N) is 2. The van der Waals surface area contributed by atoms with E-state index in [-0.39, 0.29) is 24.2 Å².